The number of nitrogens with one attached hydrogen (secondary N) is 1. The van der Waals surface area contributed by atoms with Gasteiger partial charge in [-0.25, -0.2) is 0 Å². The van der Waals surface area contributed by atoms with Gasteiger partial charge in [-0.15, -0.1) is 0 Å². The summed E-state index contributed by atoms with van der Waals surface area (Å²) in [5.41, 5.74) is 1.73. The Morgan fingerprint density at radius 2 is 1.96 bits per heavy atom. The zero-order chi connectivity index (χ0) is 16.4. The number of hydrogen-bond acceptors (Lipinski definition) is 2. The van der Waals surface area contributed by atoms with Crippen molar-refractivity contribution in [1.29, 1.82) is 0 Å². The summed E-state index contributed by atoms with van der Waals surface area (Å²) < 4.78 is 0. The SMILES string of the molecule is CC1(NC(=O)C2CCCc3ccccc32)CCCCC1C(=O)O. The lowest BCUT2D eigenvalue weighted by Crippen LogP contribution is -2.56. The molecular weight excluding hydrogens is 290 g/mol. The van der Waals surface area contributed by atoms with Gasteiger partial charge >= 0.3 is 5.97 Å². The standard InChI is InChI=1S/C19H25NO3/c1-19(12-5-4-11-16(19)18(22)23)20-17(21)15-10-6-8-13-7-2-3-9-14(13)15/h2-3,7,9,15-16H,4-6,8,10-12H2,1H3,(H,20,21)(H,22,23). The lowest BCUT2D eigenvalue weighted by atomic mass is 9.73. The predicted octanol–water partition coefficient (Wildman–Crippen LogP) is 3.26. The van der Waals surface area contributed by atoms with Crippen LogP contribution in [0.2, 0.25) is 0 Å². The predicted molar refractivity (Wildman–Crippen MR) is 88.3 cm³/mol. The molecule has 0 bridgehead atoms. The van der Waals surface area contributed by atoms with Crippen LogP contribution in [0.4, 0.5) is 0 Å². The molecule has 2 N–H and O–H groups in total. The fourth-order valence-corrected chi connectivity index (χ4v) is 4.27. The van der Waals surface area contributed by atoms with Crippen LogP contribution in [-0.4, -0.2) is 22.5 Å². The number of fused-ring (bicyclic) bond motifs is 1. The van der Waals surface area contributed by atoms with E-state index in [1.807, 2.05) is 25.1 Å². The third-order valence-electron chi connectivity index (χ3n) is 5.60. The highest BCUT2D eigenvalue weighted by Gasteiger charge is 2.43. The Kier molecular flexibility index (Phi) is 4.42. The van der Waals surface area contributed by atoms with Gasteiger partial charge in [0.1, 0.15) is 0 Å². The van der Waals surface area contributed by atoms with E-state index in [0.29, 0.717) is 6.42 Å². The Hall–Kier alpha value is -1.84. The van der Waals surface area contributed by atoms with E-state index in [2.05, 4.69) is 11.4 Å². The molecule has 0 saturated heterocycles. The van der Waals surface area contributed by atoms with E-state index in [0.717, 1.165) is 44.1 Å². The zero-order valence-electron chi connectivity index (χ0n) is 13.7. The van der Waals surface area contributed by atoms with Gasteiger partial charge in [0.25, 0.3) is 0 Å². The highest BCUT2D eigenvalue weighted by molar-refractivity contribution is 5.86. The van der Waals surface area contributed by atoms with Crippen molar-refractivity contribution >= 4 is 11.9 Å². The molecule has 0 aliphatic heterocycles. The van der Waals surface area contributed by atoms with Crippen LogP contribution in [0.15, 0.2) is 24.3 Å². The first-order valence-corrected chi connectivity index (χ1v) is 8.64. The van der Waals surface area contributed by atoms with Crippen molar-refractivity contribution in [2.75, 3.05) is 0 Å². The summed E-state index contributed by atoms with van der Waals surface area (Å²) in [4.78, 5) is 24.5. The third kappa shape index (κ3) is 3.12. The van der Waals surface area contributed by atoms with Crippen LogP contribution in [0.25, 0.3) is 0 Å². The van der Waals surface area contributed by atoms with Crippen LogP contribution < -0.4 is 5.32 Å². The number of hydrogen-bond donors (Lipinski definition) is 2. The largest absolute Gasteiger partial charge is 0.481 e. The molecule has 1 aromatic carbocycles. The van der Waals surface area contributed by atoms with Gasteiger partial charge in [-0.2, -0.15) is 0 Å². The van der Waals surface area contributed by atoms with Gasteiger partial charge in [0, 0.05) is 0 Å². The Morgan fingerprint density at radius 3 is 2.74 bits per heavy atom. The summed E-state index contributed by atoms with van der Waals surface area (Å²) >= 11 is 0. The van der Waals surface area contributed by atoms with E-state index >= 15 is 0 Å². The highest BCUT2D eigenvalue weighted by atomic mass is 16.4. The Morgan fingerprint density at radius 1 is 1.17 bits per heavy atom. The van der Waals surface area contributed by atoms with Crippen LogP contribution in [0.5, 0.6) is 0 Å². The van der Waals surface area contributed by atoms with Crippen molar-refractivity contribution < 1.29 is 14.7 Å². The van der Waals surface area contributed by atoms with Gasteiger partial charge in [0.15, 0.2) is 0 Å². The third-order valence-corrected chi connectivity index (χ3v) is 5.60. The summed E-state index contributed by atoms with van der Waals surface area (Å²) in [6, 6.07) is 8.13. The van der Waals surface area contributed by atoms with Crippen LogP contribution in [0, 0.1) is 5.92 Å². The van der Waals surface area contributed by atoms with Gasteiger partial charge in [0.05, 0.1) is 17.4 Å². The van der Waals surface area contributed by atoms with Crippen LogP contribution in [-0.2, 0) is 16.0 Å². The fourth-order valence-electron chi connectivity index (χ4n) is 4.27. The molecule has 3 unspecified atom stereocenters. The average Bonchev–Trinajstić information content (AvgIpc) is 2.54. The van der Waals surface area contributed by atoms with Crippen molar-refractivity contribution in [3.8, 4) is 0 Å². The number of carboxylic acids is 1. The summed E-state index contributed by atoms with van der Waals surface area (Å²) in [5.74, 6) is -1.43. The molecule has 4 heteroatoms. The van der Waals surface area contributed by atoms with Crippen LogP contribution in [0.1, 0.15) is 62.5 Å². The first kappa shape index (κ1) is 16.0. The van der Waals surface area contributed by atoms with Gasteiger partial charge in [-0.3, -0.25) is 9.59 Å². The molecule has 0 aromatic heterocycles. The van der Waals surface area contributed by atoms with Gasteiger partial charge in [-0.1, -0.05) is 37.1 Å². The average molecular weight is 315 g/mol. The zero-order valence-corrected chi connectivity index (χ0v) is 13.7. The second kappa shape index (κ2) is 6.34. The van der Waals surface area contributed by atoms with E-state index in [4.69, 9.17) is 0 Å². The van der Waals surface area contributed by atoms with Gasteiger partial charge < -0.3 is 10.4 Å². The topological polar surface area (TPSA) is 66.4 Å². The Labute approximate surface area is 137 Å². The molecule has 1 amide bonds. The van der Waals surface area contributed by atoms with Gasteiger partial charge in [-0.05, 0) is 50.2 Å². The van der Waals surface area contributed by atoms with Gasteiger partial charge in [0.2, 0.25) is 5.91 Å². The van der Waals surface area contributed by atoms with Crippen molar-refractivity contribution in [3.05, 3.63) is 35.4 Å². The normalized spacial score (nSPS) is 30.3. The molecule has 1 aromatic rings. The molecule has 1 fully saturated rings. The smallest absolute Gasteiger partial charge is 0.308 e. The molecule has 1 saturated carbocycles. The number of benzene rings is 1. The lowest BCUT2D eigenvalue weighted by molar-refractivity contribution is -0.146. The minimum atomic E-state index is -0.795. The maximum absolute atomic E-state index is 12.9. The number of amides is 1. The van der Waals surface area contributed by atoms with E-state index in [-0.39, 0.29) is 11.8 Å². The summed E-state index contributed by atoms with van der Waals surface area (Å²) in [5, 5.41) is 12.6. The molecule has 2 aliphatic rings. The highest BCUT2D eigenvalue weighted by Crippen LogP contribution is 2.36. The summed E-state index contributed by atoms with van der Waals surface area (Å²) in [6.07, 6.45) is 6.16. The summed E-state index contributed by atoms with van der Waals surface area (Å²) in [7, 11) is 0. The van der Waals surface area contributed by atoms with E-state index in [1.165, 1.54) is 5.56 Å². The molecule has 124 valence electrons. The maximum Gasteiger partial charge on any atom is 0.308 e. The quantitative estimate of drug-likeness (QED) is 0.899. The minimum Gasteiger partial charge on any atom is -0.481 e. The Balaban J connectivity index is 1.80. The lowest BCUT2D eigenvalue weighted by Gasteiger charge is -2.41. The number of carbonyl (C=O) groups is 2. The monoisotopic (exact) mass is 315 g/mol. The van der Waals surface area contributed by atoms with Crippen LogP contribution >= 0.6 is 0 Å². The molecule has 0 spiro atoms. The van der Waals surface area contributed by atoms with E-state index < -0.39 is 17.4 Å². The number of carboxylic acid groups (broad SMARTS) is 1. The van der Waals surface area contributed by atoms with Crippen molar-refractivity contribution in [3.63, 3.8) is 0 Å². The molecular formula is C19H25NO3. The number of rotatable bonds is 3. The molecule has 2 aliphatic carbocycles. The second-order valence-electron chi connectivity index (χ2n) is 7.19. The minimum absolute atomic E-state index is 0.00667. The van der Waals surface area contributed by atoms with Crippen LogP contribution in [0.3, 0.4) is 0 Å². The number of carbonyl (C=O) groups excluding carboxylic acids is 1. The molecule has 23 heavy (non-hydrogen) atoms. The Bertz CT molecular complexity index is 612. The van der Waals surface area contributed by atoms with Crippen molar-refractivity contribution in [2.24, 2.45) is 5.92 Å². The van der Waals surface area contributed by atoms with E-state index in [1.54, 1.807) is 0 Å². The maximum atomic E-state index is 12.9. The van der Waals surface area contributed by atoms with Crippen molar-refractivity contribution in [1.82, 2.24) is 5.32 Å². The van der Waals surface area contributed by atoms with Crippen molar-refractivity contribution in [2.45, 2.75) is 63.3 Å². The molecule has 4 nitrogen and oxygen atoms in total. The van der Waals surface area contributed by atoms with E-state index in [9.17, 15) is 14.7 Å². The number of aryl methyl sites for hydroxylation is 1. The second-order valence-corrected chi connectivity index (χ2v) is 7.19. The molecule has 3 atom stereocenters. The first-order chi connectivity index (χ1) is 11.0. The fraction of sp³-hybridized carbons (Fsp3) is 0.579. The molecule has 0 heterocycles. The first-order valence-electron chi connectivity index (χ1n) is 8.64. The molecule has 0 radical (unpaired) electrons. The summed E-state index contributed by atoms with van der Waals surface area (Å²) in [6.45, 7) is 1.90. The molecule has 3 rings (SSSR count). The number of aliphatic carboxylic acids is 1.